The number of aryl methyl sites for hydroxylation is 1. The highest BCUT2D eigenvalue weighted by atomic mass is 15.0. The fourth-order valence-electron chi connectivity index (χ4n) is 2.32. The molecule has 0 saturated heterocycles. The second kappa shape index (κ2) is 6.35. The van der Waals surface area contributed by atoms with Gasteiger partial charge in [-0.15, -0.1) is 0 Å². The Bertz CT molecular complexity index is 394. The van der Waals surface area contributed by atoms with E-state index in [1.165, 1.54) is 22.3 Å². The Balaban J connectivity index is 2.57. The van der Waals surface area contributed by atoms with Gasteiger partial charge in [0, 0.05) is 12.1 Å². The molecule has 2 N–H and O–H groups in total. The molecule has 2 heteroatoms. The summed E-state index contributed by atoms with van der Waals surface area (Å²) in [5, 5.41) is 6.83. The standard InChI is InChI=1S/C16H28N2/c1-12-7-8-15(14(3)13(12)2)9-10-18-16(4,5)11-17-6/h7-8,17-18H,9-11H2,1-6H3. The molecule has 0 spiro atoms. The minimum Gasteiger partial charge on any atom is -0.318 e. The summed E-state index contributed by atoms with van der Waals surface area (Å²) in [6.07, 6.45) is 1.10. The average Bonchev–Trinajstić information content (AvgIpc) is 2.29. The molecule has 1 aromatic rings. The molecule has 0 radical (unpaired) electrons. The van der Waals surface area contributed by atoms with Crippen LogP contribution in [0.4, 0.5) is 0 Å². The quantitative estimate of drug-likeness (QED) is 0.809. The van der Waals surface area contributed by atoms with Crippen molar-refractivity contribution in [3.05, 3.63) is 34.4 Å². The normalized spacial score (nSPS) is 11.9. The molecule has 18 heavy (non-hydrogen) atoms. The van der Waals surface area contributed by atoms with Crippen molar-refractivity contribution < 1.29 is 0 Å². The van der Waals surface area contributed by atoms with E-state index < -0.39 is 0 Å². The van der Waals surface area contributed by atoms with Crippen LogP contribution in [0.15, 0.2) is 12.1 Å². The first-order valence-electron chi connectivity index (χ1n) is 6.82. The maximum Gasteiger partial charge on any atom is 0.0249 e. The Morgan fingerprint density at radius 1 is 1.06 bits per heavy atom. The lowest BCUT2D eigenvalue weighted by molar-refractivity contribution is 0.378. The maximum absolute atomic E-state index is 3.61. The first-order valence-corrected chi connectivity index (χ1v) is 6.82. The summed E-state index contributed by atoms with van der Waals surface area (Å²) in [6.45, 7) is 13.1. The van der Waals surface area contributed by atoms with Gasteiger partial charge in [-0.25, -0.2) is 0 Å². The molecular weight excluding hydrogens is 220 g/mol. The highest BCUT2D eigenvalue weighted by Gasteiger charge is 2.15. The lowest BCUT2D eigenvalue weighted by atomic mass is 9.96. The third-order valence-corrected chi connectivity index (χ3v) is 3.79. The molecule has 0 aliphatic rings. The Hall–Kier alpha value is -0.860. The summed E-state index contributed by atoms with van der Waals surface area (Å²) < 4.78 is 0. The summed E-state index contributed by atoms with van der Waals surface area (Å²) in [5.41, 5.74) is 5.89. The summed E-state index contributed by atoms with van der Waals surface area (Å²) in [7, 11) is 2.00. The average molecular weight is 248 g/mol. The molecule has 2 nitrogen and oxygen atoms in total. The molecule has 102 valence electrons. The van der Waals surface area contributed by atoms with E-state index in [4.69, 9.17) is 0 Å². The monoisotopic (exact) mass is 248 g/mol. The van der Waals surface area contributed by atoms with Crippen LogP contribution in [0.2, 0.25) is 0 Å². The molecule has 0 atom stereocenters. The third-order valence-electron chi connectivity index (χ3n) is 3.79. The van der Waals surface area contributed by atoms with Gasteiger partial charge in [0.25, 0.3) is 0 Å². The van der Waals surface area contributed by atoms with Crippen molar-refractivity contribution in [3.8, 4) is 0 Å². The van der Waals surface area contributed by atoms with Crippen molar-refractivity contribution >= 4 is 0 Å². The Morgan fingerprint density at radius 2 is 1.72 bits per heavy atom. The largest absolute Gasteiger partial charge is 0.318 e. The second-order valence-corrected chi connectivity index (χ2v) is 5.88. The SMILES string of the molecule is CNCC(C)(C)NCCc1ccc(C)c(C)c1C. The second-order valence-electron chi connectivity index (χ2n) is 5.88. The number of rotatable bonds is 6. The van der Waals surface area contributed by atoms with Crippen LogP contribution in [0, 0.1) is 20.8 Å². The lowest BCUT2D eigenvalue weighted by Gasteiger charge is -2.26. The predicted octanol–water partition coefficient (Wildman–Crippen LogP) is 2.74. The number of hydrogen-bond donors (Lipinski definition) is 2. The molecule has 0 aliphatic carbocycles. The van der Waals surface area contributed by atoms with Crippen LogP contribution in [0.25, 0.3) is 0 Å². The summed E-state index contributed by atoms with van der Waals surface area (Å²) >= 11 is 0. The van der Waals surface area contributed by atoms with Gasteiger partial charge < -0.3 is 10.6 Å². The molecule has 0 amide bonds. The molecular formula is C16H28N2. The molecule has 0 aliphatic heterocycles. The van der Waals surface area contributed by atoms with E-state index in [1.807, 2.05) is 7.05 Å². The van der Waals surface area contributed by atoms with Crippen LogP contribution < -0.4 is 10.6 Å². The van der Waals surface area contributed by atoms with Crippen LogP contribution >= 0.6 is 0 Å². The first kappa shape index (κ1) is 15.2. The summed E-state index contributed by atoms with van der Waals surface area (Å²) in [5.74, 6) is 0. The Kier molecular flexibility index (Phi) is 5.36. The molecule has 0 bridgehead atoms. The van der Waals surface area contributed by atoms with Crippen molar-refractivity contribution in [1.29, 1.82) is 0 Å². The van der Waals surface area contributed by atoms with Gasteiger partial charge in [-0.1, -0.05) is 12.1 Å². The molecule has 1 aromatic carbocycles. The number of hydrogen-bond acceptors (Lipinski definition) is 2. The first-order chi connectivity index (χ1) is 8.37. The van der Waals surface area contributed by atoms with Gasteiger partial charge in [0.05, 0.1) is 0 Å². The minimum atomic E-state index is 0.155. The van der Waals surface area contributed by atoms with Crippen LogP contribution in [0.3, 0.4) is 0 Å². The van der Waals surface area contributed by atoms with E-state index in [0.29, 0.717) is 0 Å². The van der Waals surface area contributed by atoms with Gasteiger partial charge in [-0.05, 0) is 76.9 Å². The Morgan fingerprint density at radius 3 is 2.33 bits per heavy atom. The van der Waals surface area contributed by atoms with Gasteiger partial charge >= 0.3 is 0 Å². The van der Waals surface area contributed by atoms with Crippen molar-refractivity contribution in [2.45, 2.75) is 46.6 Å². The van der Waals surface area contributed by atoms with Crippen LogP contribution in [-0.2, 0) is 6.42 Å². The van der Waals surface area contributed by atoms with E-state index in [2.05, 4.69) is 57.4 Å². The molecule has 0 heterocycles. The zero-order valence-corrected chi connectivity index (χ0v) is 12.8. The van der Waals surface area contributed by atoms with E-state index in [1.54, 1.807) is 0 Å². The third kappa shape index (κ3) is 4.11. The van der Waals surface area contributed by atoms with E-state index in [0.717, 1.165) is 19.5 Å². The number of likely N-dealkylation sites (N-methyl/N-ethyl adjacent to an activating group) is 1. The lowest BCUT2D eigenvalue weighted by Crippen LogP contribution is -2.47. The number of benzene rings is 1. The smallest absolute Gasteiger partial charge is 0.0249 e. The zero-order valence-electron chi connectivity index (χ0n) is 12.8. The topological polar surface area (TPSA) is 24.1 Å². The molecule has 0 aromatic heterocycles. The van der Waals surface area contributed by atoms with E-state index in [9.17, 15) is 0 Å². The predicted molar refractivity (Wildman–Crippen MR) is 80.4 cm³/mol. The van der Waals surface area contributed by atoms with Gasteiger partial charge in [0.1, 0.15) is 0 Å². The van der Waals surface area contributed by atoms with Crippen LogP contribution in [0.5, 0.6) is 0 Å². The molecule has 0 saturated carbocycles. The van der Waals surface area contributed by atoms with Crippen LogP contribution in [-0.4, -0.2) is 25.7 Å². The zero-order chi connectivity index (χ0) is 13.8. The van der Waals surface area contributed by atoms with Crippen molar-refractivity contribution in [1.82, 2.24) is 10.6 Å². The van der Waals surface area contributed by atoms with Crippen molar-refractivity contribution in [3.63, 3.8) is 0 Å². The Labute approximate surface area is 112 Å². The van der Waals surface area contributed by atoms with E-state index in [-0.39, 0.29) is 5.54 Å². The van der Waals surface area contributed by atoms with Crippen molar-refractivity contribution in [2.75, 3.05) is 20.1 Å². The van der Waals surface area contributed by atoms with E-state index >= 15 is 0 Å². The number of nitrogens with one attached hydrogen (secondary N) is 2. The summed E-state index contributed by atoms with van der Waals surface area (Å²) in [6, 6.07) is 4.50. The molecule has 0 fully saturated rings. The minimum absolute atomic E-state index is 0.155. The molecule has 1 rings (SSSR count). The highest BCUT2D eigenvalue weighted by Crippen LogP contribution is 2.17. The summed E-state index contributed by atoms with van der Waals surface area (Å²) in [4.78, 5) is 0. The fraction of sp³-hybridized carbons (Fsp3) is 0.625. The van der Waals surface area contributed by atoms with Gasteiger partial charge in [-0.2, -0.15) is 0 Å². The fourth-order valence-corrected chi connectivity index (χ4v) is 2.32. The maximum atomic E-state index is 3.61. The van der Waals surface area contributed by atoms with Gasteiger partial charge in [0.15, 0.2) is 0 Å². The molecule has 0 unspecified atom stereocenters. The van der Waals surface area contributed by atoms with Crippen molar-refractivity contribution in [2.24, 2.45) is 0 Å². The van der Waals surface area contributed by atoms with Gasteiger partial charge in [-0.3, -0.25) is 0 Å². The van der Waals surface area contributed by atoms with Crippen LogP contribution in [0.1, 0.15) is 36.1 Å². The van der Waals surface area contributed by atoms with Gasteiger partial charge in [0.2, 0.25) is 0 Å². The highest BCUT2D eigenvalue weighted by molar-refractivity contribution is 5.38.